The van der Waals surface area contributed by atoms with Crippen LogP contribution in [-0.2, 0) is 6.42 Å². The number of anilines is 1. The second-order valence-corrected chi connectivity index (χ2v) is 9.30. The molecule has 8 heteroatoms. The Bertz CT molecular complexity index is 1390. The van der Waals surface area contributed by atoms with Gasteiger partial charge in [-0.05, 0) is 48.9 Å². The van der Waals surface area contributed by atoms with Crippen molar-refractivity contribution in [3.63, 3.8) is 0 Å². The normalized spacial score (nSPS) is 18.5. The molecule has 2 aliphatic heterocycles. The molecule has 2 atom stereocenters. The maximum atomic E-state index is 13.6. The third kappa shape index (κ3) is 3.55. The minimum atomic E-state index is -0.273. The first-order valence-electron chi connectivity index (χ1n) is 10.9. The van der Waals surface area contributed by atoms with Gasteiger partial charge in [0.25, 0.3) is 0 Å². The molecule has 33 heavy (non-hydrogen) atoms. The molecular formula is C25H21BrFN6+. The van der Waals surface area contributed by atoms with Gasteiger partial charge >= 0.3 is 0 Å². The van der Waals surface area contributed by atoms with Gasteiger partial charge in [0, 0.05) is 40.4 Å². The Morgan fingerprint density at radius 2 is 1.97 bits per heavy atom. The van der Waals surface area contributed by atoms with Gasteiger partial charge in [0.2, 0.25) is 5.95 Å². The zero-order valence-electron chi connectivity index (χ0n) is 17.7. The van der Waals surface area contributed by atoms with Crippen molar-refractivity contribution >= 4 is 33.6 Å². The van der Waals surface area contributed by atoms with E-state index >= 15 is 0 Å². The number of halogens is 2. The largest absolute Gasteiger partial charge is 0.368 e. The summed E-state index contributed by atoms with van der Waals surface area (Å²) in [6.45, 7) is 0.889. The van der Waals surface area contributed by atoms with Crippen molar-refractivity contribution in [1.29, 1.82) is 0 Å². The van der Waals surface area contributed by atoms with Gasteiger partial charge in [-0.1, -0.05) is 15.9 Å². The van der Waals surface area contributed by atoms with Crippen LogP contribution >= 0.6 is 15.9 Å². The van der Waals surface area contributed by atoms with Crippen LogP contribution in [0.5, 0.6) is 0 Å². The highest BCUT2D eigenvalue weighted by Crippen LogP contribution is 2.39. The molecule has 0 radical (unpaired) electrons. The second kappa shape index (κ2) is 7.90. The zero-order valence-corrected chi connectivity index (χ0v) is 19.3. The van der Waals surface area contributed by atoms with Crippen LogP contribution in [0.15, 0.2) is 65.4 Å². The van der Waals surface area contributed by atoms with Crippen molar-refractivity contribution in [1.82, 2.24) is 19.5 Å². The topological polar surface area (TPSA) is 74.1 Å². The average molecular weight is 504 g/mol. The molecule has 4 aromatic rings. The van der Waals surface area contributed by atoms with Gasteiger partial charge in [-0.3, -0.25) is 4.90 Å². The molecule has 0 amide bonds. The Morgan fingerprint density at radius 3 is 2.79 bits per heavy atom. The number of rotatable bonds is 4. The van der Waals surface area contributed by atoms with E-state index in [0.29, 0.717) is 0 Å². The SMILES string of the molecule is Nc1nccc(-c2c(-c3ccc(F)cc3)nc3n2C(C[NH+]2C=Cc4ccc(Br)cc42)CC3)n1. The molecule has 4 heterocycles. The van der Waals surface area contributed by atoms with Crippen molar-refractivity contribution in [2.24, 2.45) is 0 Å². The molecule has 0 bridgehead atoms. The third-order valence-electron chi connectivity index (χ3n) is 6.37. The molecule has 2 unspecified atom stereocenters. The Balaban J connectivity index is 1.45. The summed E-state index contributed by atoms with van der Waals surface area (Å²) in [5.74, 6) is 0.962. The van der Waals surface area contributed by atoms with Crippen LogP contribution in [0, 0.1) is 5.82 Å². The first-order chi connectivity index (χ1) is 16.1. The second-order valence-electron chi connectivity index (χ2n) is 8.39. The number of benzene rings is 2. The number of nitrogens with one attached hydrogen (secondary N) is 1. The summed E-state index contributed by atoms with van der Waals surface area (Å²) in [6.07, 6.45) is 7.94. The lowest BCUT2D eigenvalue weighted by atomic mass is 10.1. The van der Waals surface area contributed by atoms with E-state index in [1.54, 1.807) is 18.3 Å². The number of nitrogens with zero attached hydrogens (tertiary/aromatic N) is 4. The van der Waals surface area contributed by atoms with Crippen LogP contribution in [0.4, 0.5) is 16.0 Å². The molecule has 2 aromatic heterocycles. The fraction of sp³-hybridized carbons (Fsp3) is 0.160. The van der Waals surface area contributed by atoms with Crippen LogP contribution in [0.2, 0.25) is 0 Å². The number of hydrogen-bond acceptors (Lipinski definition) is 4. The number of aromatic nitrogens is 4. The highest BCUT2D eigenvalue weighted by atomic mass is 79.9. The number of nitrogens with two attached hydrogens (primary N) is 1. The van der Waals surface area contributed by atoms with E-state index in [-0.39, 0.29) is 17.8 Å². The summed E-state index contributed by atoms with van der Waals surface area (Å²) in [7, 11) is 0. The van der Waals surface area contributed by atoms with Crippen molar-refractivity contribution in [3.8, 4) is 22.6 Å². The number of hydrogen-bond donors (Lipinski definition) is 2. The average Bonchev–Trinajstić information content (AvgIpc) is 3.49. The minimum absolute atomic E-state index is 0.217. The molecule has 0 saturated carbocycles. The quantitative estimate of drug-likeness (QED) is 0.438. The summed E-state index contributed by atoms with van der Waals surface area (Å²) < 4.78 is 17.0. The highest BCUT2D eigenvalue weighted by Gasteiger charge is 2.34. The predicted molar refractivity (Wildman–Crippen MR) is 129 cm³/mol. The summed E-state index contributed by atoms with van der Waals surface area (Å²) in [5.41, 5.74) is 11.7. The maximum absolute atomic E-state index is 13.6. The van der Waals surface area contributed by atoms with Crippen molar-refractivity contribution in [2.75, 3.05) is 12.3 Å². The lowest BCUT2D eigenvalue weighted by molar-refractivity contribution is -0.775. The third-order valence-corrected chi connectivity index (χ3v) is 6.86. The van der Waals surface area contributed by atoms with E-state index in [1.165, 1.54) is 28.3 Å². The Morgan fingerprint density at radius 1 is 1.12 bits per heavy atom. The molecule has 0 fully saturated rings. The molecule has 6 rings (SSSR count). The Hall–Kier alpha value is -3.36. The highest BCUT2D eigenvalue weighted by molar-refractivity contribution is 9.10. The van der Waals surface area contributed by atoms with E-state index in [0.717, 1.165) is 52.3 Å². The lowest BCUT2D eigenvalue weighted by Crippen LogP contribution is -3.02. The van der Waals surface area contributed by atoms with Gasteiger partial charge in [0.05, 0.1) is 23.1 Å². The summed E-state index contributed by atoms with van der Waals surface area (Å²) in [5, 5.41) is 0. The molecular weight excluding hydrogens is 483 g/mol. The van der Waals surface area contributed by atoms with Gasteiger partial charge < -0.3 is 10.3 Å². The maximum Gasteiger partial charge on any atom is 0.220 e. The molecule has 0 aliphatic carbocycles. The molecule has 2 aromatic carbocycles. The number of quaternary nitrogens is 1. The first-order valence-corrected chi connectivity index (χ1v) is 11.7. The van der Waals surface area contributed by atoms with Crippen molar-refractivity contribution < 1.29 is 9.29 Å². The fourth-order valence-corrected chi connectivity index (χ4v) is 5.25. The molecule has 0 spiro atoms. The molecule has 3 N–H and O–H groups in total. The van der Waals surface area contributed by atoms with Crippen LogP contribution in [0.25, 0.3) is 28.7 Å². The minimum Gasteiger partial charge on any atom is -0.368 e. The van der Waals surface area contributed by atoms with Gasteiger partial charge in [0.1, 0.15) is 30.1 Å². The molecule has 164 valence electrons. The van der Waals surface area contributed by atoms with Gasteiger partial charge in [-0.25, -0.2) is 19.3 Å². The van der Waals surface area contributed by atoms with E-state index < -0.39 is 0 Å². The fourth-order valence-electron chi connectivity index (χ4n) is 4.89. The van der Waals surface area contributed by atoms with Crippen LogP contribution < -0.4 is 10.6 Å². The van der Waals surface area contributed by atoms with Gasteiger partial charge in [0.15, 0.2) is 0 Å². The Labute approximate surface area is 198 Å². The number of imidazole rings is 1. The summed E-state index contributed by atoms with van der Waals surface area (Å²) in [4.78, 5) is 14.9. The standard InChI is InChI=1S/C25H20BrFN6/c26-17-4-1-15-10-12-32(21(15)13-17)14-19-7-8-22-31-23(16-2-5-18(27)6-3-16)24(33(19)22)20-9-11-29-25(28)30-20/h1-6,9-13,19H,7-8,14H2,(H2,28,29,30)/p+1. The molecule has 6 nitrogen and oxygen atoms in total. The van der Waals surface area contributed by atoms with Gasteiger partial charge in [-0.15, -0.1) is 0 Å². The lowest BCUT2D eigenvalue weighted by Gasteiger charge is -2.20. The smallest absolute Gasteiger partial charge is 0.220 e. The Kier molecular flexibility index (Phi) is 4.85. The van der Waals surface area contributed by atoms with Gasteiger partial charge in [-0.2, -0.15) is 0 Å². The monoisotopic (exact) mass is 503 g/mol. The van der Waals surface area contributed by atoms with E-state index in [2.05, 4.69) is 60.9 Å². The van der Waals surface area contributed by atoms with Crippen molar-refractivity contribution in [2.45, 2.75) is 18.9 Å². The number of aryl methyl sites for hydroxylation is 1. The summed E-state index contributed by atoms with van der Waals surface area (Å²) >= 11 is 3.61. The van der Waals surface area contributed by atoms with Crippen LogP contribution in [0.1, 0.15) is 23.9 Å². The van der Waals surface area contributed by atoms with E-state index in [1.807, 2.05) is 6.07 Å². The molecule has 2 aliphatic rings. The predicted octanol–water partition coefficient (Wildman–Crippen LogP) is 4.18. The van der Waals surface area contributed by atoms with Crippen molar-refractivity contribution in [3.05, 3.63) is 82.6 Å². The number of fused-ring (bicyclic) bond motifs is 2. The number of nitrogen functional groups attached to an aromatic ring is 1. The van der Waals surface area contributed by atoms with Crippen LogP contribution in [-0.4, -0.2) is 26.1 Å². The molecule has 0 saturated heterocycles. The zero-order chi connectivity index (χ0) is 22.5. The van der Waals surface area contributed by atoms with E-state index in [4.69, 9.17) is 10.7 Å². The van der Waals surface area contributed by atoms with E-state index in [9.17, 15) is 4.39 Å². The summed E-state index contributed by atoms with van der Waals surface area (Å²) in [6, 6.07) is 14.9. The first kappa shape index (κ1) is 20.3. The van der Waals surface area contributed by atoms with Crippen LogP contribution in [0.3, 0.4) is 0 Å².